The molecule has 4 nitrogen and oxygen atoms in total. The van der Waals surface area contributed by atoms with Crippen LogP contribution in [0.3, 0.4) is 0 Å². The van der Waals surface area contributed by atoms with Crippen molar-refractivity contribution in [2.45, 2.75) is 18.1 Å². The van der Waals surface area contributed by atoms with Crippen LogP contribution in [0, 0.1) is 11.3 Å². The number of hydrogen-bond donors (Lipinski definition) is 1. The Morgan fingerprint density at radius 3 is 2.50 bits per heavy atom. The van der Waals surface area contributed by atoms with E-state index >= 15 is 0 Å². The standard InChI is InChI=1S/C12H16NO3PS/c13-8-4-9-17-10-7-12(18(14,15)16)11-5-2-1-3-6-11/h1-3,5-6,12,17H,4,7,9-10H2,(H,14,15,16). The van der Waals surface area contributed by atoms with Gasteiger partial charge >= 0.3 is 0 Å². The van der Waals surface area contributed by atoms with Gasteiger partial charge in [-0.15, -0.1) is 8.58 Å². The van der Waals surface area contributed by atoms with E-state index in [-0.39, 0.29) is 0 Å². The summed E-state index contributed by atoms with van der Waals surface area (Å²) in [5.74, 6) is 0. The molecule has 18 heavy (non-hydrogen) atoms. The van der Waals surface area contributed by atoms with E-state index in [0.29, 0.717) is 33.1 Å². The van der Waals surface area contributed by atoms with Crippen LogP contribution in [0.1, 0.15) is 23.7 Å². The molecule has 0 fully saturated rings. The number of benzene rings is 1. The molecular weight excluding hydrogens is 269 g/mol. The number of nitrogens with zero attached hydrogens (tertiary/aromatic N) is 1. The summed E-state index contributed by atoms with van der Waals surface area (Å²) in [5.41, 5.74) is 0.616. The van der Waals surface area contributed by atoms with Crippen LogP contribution in [-0.4, -0.2) is 25.3 Å². The van der Waals surface area contributed by atoms with E-state index in [1.165, 1.54) is 0 Å². The highest BCUT2D eigenvalue weighted by molar-refractivity contribution is 7.86. The highest BCUT2D eigenvalue weighted by Crippen LogP contribution is 2.28. The molecule has 0 aliphatic carbocycles. The van der Waals surface area contributed by atoms with Gasteiger partial charge in [-0.25, -0.2) is 0 Å². The van der Waals surface area contributed by atoms with Crippen molar-refractivity contribution in [1.82, 2.24) is 0 Å². The van der Waals surface area contributed by atoms with Gasteiger partial charge in [-0.3, -0.25) is 4.55 Å². The molecule has 1 aromatic rings. The zero-order valence-corrected chi connectivity index (χ0v) is 11.7. The fourth-order valence-corrected chi connectivity index (χ4v) is 3.82. The Kier molecular flexibility index (Phi) is 6.28. The molecule has 0 aliphatic rings. The van der Waals surface area contributed by atoms with E-state index in [2.05, 4.69) is 6.07 Å². The Morgan fingerprint density at radius 2 is 1.94 bits per heavy atom. The van der Waals surface area contributed by atoms with Gasteiger partial charge in [0.2, 0.25) is 0 Å². The molecule has 0 radical (unpaired) electrons. The summed E-state index contributed by atoms with van der Waals surface area (Å²) in [6, 6.07) is 10.8. The molecule has 0 saturated carbocycles. The van der Waals surface area contributed by atoms with Crippen molar-refractivity contribution in [3.63, 3.8) is 0 Å². The molecule has 0 saturated heterocycles. The van der Waals surface area contributed by atoms with Crippen LogP contribution in [0.25, 0.3) is 0 Å². The van der Waals surface area contributed by atoms with Gasteiger partial charge in [0, 0.05) is 6.42 Å². The zero-order chi connectivity index (χ0) is 13.4. The summed E-state index contributed by atoms with van der Waals surface area (Å²) in [4.78, 5) is 0. The second-order valence-corrected chi connectivity index (χ2v) is 6.96. The molecule has 2 unspecified atom stereocenters. The van der Waals surface area contributed by atoms with Crippen LogP contribution in [0.2, 0.25) is 0 Å². The molecule has 1 rings (SSSR count). The fraction of sp³-hybridized carbons (Fsp3) is 0.417. The zero-order valence-electron chi connectivity index (χ0n) is 9.91. The molecule has 0 amide bonds. The van der Waals surface area contributed by atoms with Crippen molar-refractivity contribution in [3.8, 4) is 6.07 Å². The Hall–Kier alpha value is -0.950. The van der Waals surface area contributed by atoms with Crippen LogP contribution < -0.4 is 0 Å². The van der Waals surface area contributed by atoms with Crippen LogP contribution in [0.4, 0.5) is 0 Å². The van der Waals surface area contributed by atoms with Gasteiger partial charge in [0.05, 0.1) is 6.07 Å². The molecule has 0 aromatic heterocycles. The van der Waals surface area contributed by atoms with Crippen LogP contribution in [0.15, 0.2) is 30.3 Å². The van der Waals surface area contributed by atoms with Gasteiger partial charge in [-0.05, 0) is 24.3 Å². The van der Waals surface area contributed by atoms with E-state index in [1.807, 2.05) is 0 Å². The third-order valence-corrected chi connectivity index (χ3v) is 5.00. The van der Waals surface area contributed by atoms with Crippen molar-refractivity contribution in [3.05, 3.63) is 35.9 Å². The predicted molar refractivity (Wildman–Crippen MR) is 73.6 cm³/mol. The van der Waals surface area contributed by atoms with Crippen LogP contribution in [-0.2, 0) is 10.1 Å². The van der Waals surface area contributed by atoms with Crippen molar-refractivity contribution in [1.29, 1.82) is 5.26 Å². The highest BCUT2D eigenvalue weighted by Gasteiger charge is 2.24. The third kappa shape index (κ3) is 5.14. The summed E-state index contributed by atoms with van der Waals surface area (Å²) in [6.07, 6.45) is 2.40. The molecule has 0 bridgehead atoms. The van der Waals surface area contributed by atoms with Crippen molar-refractivity contribution >= 4 is 18.7 Å². The first-order valence-corrected chi connectivity index (χ1v) is 8.56. The first-order chi connectivity index (χ1) is 8.55. The quantitative estimate of drug-likeness (QED) is 0.474. The maximum Gasteiger partial charge on any atom is 0.272 e. The van der Waals surface area contributed by atoms with Gasteiger partial charge in [0.15, 0.2) is 0 Å². The first-order valence-electron chi connectivity index (χ1n) is 5.64. The lowest BCUT2D eigenvalue weighted by Crippen LogP contribution is -2.13. The average Bonchev–Trinajstić information content (AvgIpc) is 2.33. The predicted octanol–water partition coefficient (Wildman–Crippen LogP) is 2.60. The molecule has 98 valence electrons. The van der Waals surface area contributed by atoms with E-state index < -0.39 is 15.4 Å². The van der Waals surface area contributed by atoms with E-state index in [1.54, 1.807) is 30.3 Å². The molecule has 1 aromatic carbocycles. The van der Waals surface area contributed by atoms with Crippen molar-refractivity contribution in [2.24, 2.45) is 0 Å². The third-order valence-electron chi connectivity index (χ3n) is 2.53. The largest absolute Gasteiger partial charge is 0.285 e. The lowest BCUT2D eigenvalue weighted by atomic mass is 10.1. The Bertz CT molecular complexity index is 496. The smallest absolute Gasteiger partial charge is 0.272 e. The SMILES string of the molecule is N#CCCPCCC(c1ccccc1)S(=O)(=O)O. The van der Waals surface area contributed by atoms with E-state index in [0.717, 1.165) is 6.16 Å². The Balaban J connectivity index is 2.62. The van der Waals surface area contributed by atoms with Gasteiger partial charge in [-0.2, -0.15) is 13.7 Å². The van der Waals surface area contributed by atoms with Crippen molar-refractivity contribution in [2.75, 3.05) is 12.3 Å². The van der Waals surface area contributed by atoms with Crippen LogP contribution >= 0.6 is 8.58 Å². The van der Waals surface area contributed by atoms with Gasteiger partial charge in [0.25, 0.3) is 10.1 Å². The van der Waals surface area contributed by atoms with Gasteiger partial charge in [-0.1, -0.05) is 30.3 Å². The molecule has 1 N–H and O–H groups in total. The normalized spacial score (nSPS) is 13.6. The Labute approximate surface area is 110 Å². The minimum atomic E-state index is -4.07. The maximum absolute atomic E-state index is 11.4. The van der Waals surface area contributed by atoms with E-state index in [4.69, 9.17) is 5.26 Å². The highest BCUT2D eigenvalue weighted by atomic mass is 32.2. The fourth-order valence-electron chi connectivity index (χ4n) is 1.66. The number of nitriles is 1. The molecular formula is C12H16NO3PS. The summed E-state index contributed by atoms with van der Waals surface area (Å²) in [7, 11) is -3.51. The number of hydrogen-bond acceptors (Lipinski definition) is 3. The molecule has 0 aliphatic heterocycles. The first kappa shape index (κ1) is 15.1. The molecule has 0 spiro atoms. The second-order valence-electron chi connectivity index (χ2n) is 3.86. The summed E-state index contributed by atoms with van der Waals surface area (Å²) < 4.78 is 32.0. The molecule has 6 heteroatoms. The monoisotopic (exact) mass is 285 g/mol. The maximum atomic E-state index is 11.4. The number of rotatable bonds is 7. The topological polar surface area (TPSA) is 78.2 Å². The minimum Gasteiger partial charge on any atom is -0.285 e. The average molecular weight is 285 g/mol. The van der Waals surface area contributed by atoms with Crippen molar-refractivity contribution < 1.29 is 13.0 Å². The Morgan fingerprint density at radius 1 is 1.28 bits per heavy atom. The second kappa shape index (κ2) is 7.48. The lowest BCUT2D eigenvalue weighted by molar-refractivity contribution is 0.467. The van der Waals surface area contributed by atoms with Gasteiger partial charge in [0.1, 0.15) is 5.25 Å². The van der Waals surface area contributed by atoms with Gasteiger partial charge < -0.3 is 0 Å². The summed E-state index contributed by atoms with van der Waals surface area (Å²) >= 11 is 0. The minimum absolute atomic E-state index is 0.396. The lowest BCUT2D eigenvalue weighted by Gasteiger charge is -2.13. The molecule has 2 atom stereocenters. The van der Waals surface area contributed by atoms with Crippen LogP contribution in [0.5, 0.6) is 0 Å². The summed E-state index contributed by atoms with van der Waals surface area (Å²) in [5, 5.41) is 7.55. The molecule has 0 heterocycles. The summed E-state index contributed by atoms with van der Waals surface area (Å²) in [6.45, 7) is 0. The van der Waals surface area contributed by atoms with E-state index in [9.17, 15) is 13.0 Å².